The second-order valence-electron chi connectivity index (χ2n) is 7.95. The van der Waals surface area contributed by atoms with Crippen molar-refractivity contribution < 1.29 is 14.3 Å². The van der Waals surface area contributed by atoms with Crippen LogP contribution in [0.3, 0.4) is 0 Å². The number of hydrogen-bond acceptors (Lipinski definition) is 6. The van der Waals surface area contributed by atoms with Crippen molar-refractivity contribution in [2.45, 2.75) is 6.54 Å². The van der Waals surface area contributed by atoms with E-state index in [-0.39, 0.29) is 12.6 Å². The van der Waals surface area contributed by atoms with Gasteiger partial charge in [-0.2, -0.15) is 0 Å². The number of carbonyl (C=O) groups is 2. The maximum atomic E-state index is 12.6. The maximum absolute atomic E-state index is 12.6. The van der Waals surface area contributed by atoms with E-state index in [0.717, 1.165) is 31.8 Å². The second kappa shape index (κ2) is 9.86. The summed E-state index contributed by atoms with van der Waals surface area (Å²) in [7, 11) is 1.94. The molecule has 8 nitrogen and oxygen atoms in total. The smallest absolute Gasteiger partial charge is 0.323 e. The predicted molar refractivity (Wildman–Crippen MR) is 141 cm³/mol. The van der Waals surface area contributed by atoms with Gasteiger partial charge in [0.05, 0.1) is 22.4 Å². The Balaban J connectivity index is 1.31. The van der Waals surface area contributed by atoms with Gasteiger partial charge in [0.25, 0.3) is 0 Å². The molecule has 0 fully saturated rings. The number of nitrogens with one attached hydrogen (secondary N) is 3. The molecule has 3 N–H and O–H groups in total. The number of benzene rings is 3. The molecule has 3 aromatic carbocycles. The Morgan fingerprint density at radius 1 is 1.09 bits per heavy atom. The number of fused-ring (bicyclic) bond motifs is 2. The number of thiazole rings is 1. The van der Waals surface area contributed by atoms with Gasteiger partial charge in [-0.05, 0) is 47.9 Å². The molecule has 0 unspecified atom stereocenters. The molecule has 0 spiro atoms. The van der Waals surface area contributed by atoms with Crippen LogP contribution in [0.2, 0.25) is 0 Å². The van der Waals surface area contributed by atoms with Gasteiger partial charge in [0.1, 0.15) is 17.4 Å². The number of ether oxygens (including phenoxy) is 1. The van der Waals surface area contributed by atoms with E-state index in [1.54, 1.807) is 23.5 Å². The molecule has 9 heteroatoms. The Labute approximate surface area is 205 Å². The first-order valence-corrected chi connectivity index (χ1v) is 11.8. The van der Waals surface area contributed by atoms with E-state index in [4.69, 9.17) is 9.72 Å². The van der Waals surface area contributed by atoms with E-state index < -0.39 is 0 Å². The van der Waals surface area contributed by atoms with E-state index in [1.165, 1.54) is 0 Å². The van der Waals surface area contributed by atoms with Crippen molar-refractivity contribution in [3.8, 4) is 5.75 Å². The van der Waals surface area contributed by atoms with Gasteiger partial charge in [0.15, 0.2) is 6.29 Å². The second-order valence-corrected chi connectivity index (χ2v) is 9.07. The number of amides is 2. The largest absolute Gasteiger partial charge is 0.484 e. The van der Waals surface area contributed by atoms with Crippen LogP contribution in [0.25, 0.3) is 21.1 Å². The quantitative estimate of drug-likeness (QED) is 0.247. The number of urea groups is 1. The first-order chi connectivity index (χ1) is 17.1. The molecular weight excluding hydrogens is 462 g/mol. The SMILES string of the molecule is CN(Cc1nc2ccccc2s1)c1ccc(NC(=O)Nc2ccc3cc[nH]c3c2)cc1OCC=O. The molecule has 0 aliphatic rings. The number of hydrogen-bond donors (Lipinski definition) is 3. The lowest BCUT2D eigenvalue weighted by Gasteiger charge is -2.22. The van der Waals surface area contributed by atoms with Crippen LogP contribution in [0.15, 0.2) is 72.9 Å². The predicted octanol–water partition coefficient (Wildman–Crippen LogP) is 5.64. The monoisotopic (exact) mass is 485 g/mol. The number of nitrogens with zero attached hydrogens (tertiary/aromatic N) is 2. The zero-order valence-electron chi connectivity index (χ0n) is 18.9. The third kappa shape index (κ3) is 5.10. The van der Waals surface area contributed by atoms with E-state index in [1.807, 2.05) is 66.7 Å². The molecule has 0 atom stereocenters. The number of para-hydroxylation sites is 1. The summed E-state index contributed by atoms with van der Waals surface area (Å²) in [6.07, 6.45) is 2.55. The summed E-state index contributed by atoms with van der Waals surface area (Å²) in [6, 6.07) is 20.6. The van der Waals surface area contributed by atoms with Crippen LogP contribution in [0.5, 0.6) is 5.75 Å². The number of carbonyl (C=O) groups excluding carboxylic acids is 2. The molecule has 0 radical (unpaired) electrons. The van der Waals surface area contributed by atoms with E-state index >= 15 is 0 Å². The zero-order valence-corrected chi connectivity index (χ0v) is 19.8. The number of anilines is 3. The standard InChI is InChI=1S/C26H23N5O3S/c1-31(16-25-30-20-4-2-3-5-24(20)35-25)22-9-8-19(15-23(22)34-13-12-32)29-26(33)28-18-7-6-17-10-11-27-21(17)14-18/h2-12,14-15,27H,13,16H2,1H3,(H2,28,29,33). The Morgan fingerprint density at radius 3 is 2.71 bits per heavy atom. The summed E-state index contributed by atoms with van der Waals surface area (Å²) in [5, 5.41) is 7.69. The van der Waals surface area contributed by atoms with E-state index in [2.05, 4.69) is 21.7 Å². The minimum atomic E-state index is -0.382. The van der Waals surface area contributed by atoms with Gasteiger partial charge in [0, 0.05) is 36.2 Å². The summed E-state index contributed by atoms with van der Waals surface area (Å²) in [4.78, 5) is 33.4. The van der Waals surface area contributed by atoms with Crippen molar-refractivity contribution in [1.29, 1.82) is 0 Å². The Bertz CT molecular complexity index is 1480. The lowest BCUT2D eigenvalue weighted by molar-refractivity contribution is -0.109. The maximum Gasteiger partial charge on any atom is 0.323 e. The minimum absolute atomic E-state index is 0.0895. The van der Waals surface area contributed by atoms with Crippen LogP contribution in [-0.2, 0) is 11.3 Å². The van der Waals surface area contributed by atoms with Gasteiger partial charge in [0.2, 0.25) is 0 Å². The third-order valence-electron chi connectivity index (χ3n) is 5.46. The molecule has 0 bridgehead atoms. The van der Waals surface area contributed by atoms with Crippen molar-refractivity contribution in [3.63, 3.8) is 0 Å². The average Bonchev–Trinajstić information content (AvgIpc) is 3.48. The molecule has 0 aliphatic carbocycles. The Hall–Kier alpha value is -4.37. The molecule has 5 rings (SSSR count). The normalized spacial score (nSPS) is 10.9. The molecular formula is C26H23N5O3S. The topological polar surface area (TPSA) is 99.4 Å². The molecule has 0 saturated heterocycles. The fourth-order valence-corrected chi connectivity index (χ4v) is 4.86. The van der Waals surface area contributed by atoms with Gasteiger partial charge in [-0.1, -0.05) is 18.2 Å². The third-order valence-corrected chi connectivity index (χ3v) is 6.48. The molecule has 2 amide bonds. The van der Waals surface area contributed by atoms with E-state index in [9.17, 15) is 9.59 Å². The molecule has 2 heterocycles. The Morgan fingerprint density at radius 2 is 1.89 bits per heavy atom. The molecule has 0 aliphatic heterocycles. The minimum Gasteiger partial charge on any atom is -0.484 e. The fourth-order valence-electron chi connectivity index (χ4n) is 3.84. The van der Waals surface area contributed by atoms with Gasteiger partial charge in [-0.15, -0.1) is 11.3 Å². The highest BCUT2D eigenvalue weighted by molar-refractivity contribution is 7.18. The number of aromatic amines is 1. The molecule has 35 heavy (non-hydrogen) atoms. The number of aromatic nitrogens is 2. The summed E-state index contributed by atoms with van der Waals surface area (Å²) in [5.74, 6) is 0.492. The van der Waals surface area contributed by atoms with Crippen molar-refractivity contribution in [3.05, 3.63) is 77.9 Å². The van der Waals surface area contributed by atoms with Gasteiger partial charge in [-0.3, -0.25) is 4.79 Å². The molecule has 5 aromatic rings. The molecule has 0 saturated carbocycles. The van der Waals surface area contributed by atoms with Crippen LogP contribution in [0.1, 0.15) is 5.01 Å². The van der Waals surface area contributed by atoms with Crippen LogP contribution >= 0.6 is 11.3 Å². The van der Waals surface area contributed by atoms with Crippen molar-refractivity contribution in [2.75, 3.05) is 29.2 Å². The first kappa shape index (κ1) is 22.4. The van der Waals surface area contributed by atoms with Crippen molar-refractivity contribution >= 4 is 61.8 Å². The lowest BCUT2D eigenvalue weighted by Crippen LogP contribution is -2.20. The van der Waals surface area contributed by atoms with Gasteiger partial charge >= 0.3 is 6.03 Å². The van der Waals surface area contributed by atoms with Crippen LogP contribution < -0.4 is 20.3 Å². The number of aldehydes is 1. The van der Waals surface area contributed by atoms with Crippen LogP contribution in [-0.4, -0.2) is 35.9 Å². The highest BCUT2D eigenvalue weighted by Gasteiger charge is 2.14. The summed E-state index contributed by atoms with van der Waals surface area (Å²) >= 11 is 1.64. The first-order valence-electron chi connectivity index (χ1n) is 11.0. The molecule has 176 valence electrons. The summed E-state index contributed by atoms with van der Waals surface area (Å²) < 4.78 is 6.81. The molecule has 2 aromatic heterocycles. The van der Waals surface area contributed by atoms with Crippen molar-refractivity contribution in [1.82, 2.24) is 9.97 Å². The Kier molecular flexibility index (Phi) is 6.32. The fraction of sp³-hybridized carbons (Fsp3) is 0.115. The van der Waals surface area contributed by atoms with Crippen molar-refractivity contribution in [2.24, 2.45) is 0 Å². The zero-order chi connectivity index (χ0) is 24.2. The summed E-state index contributed by atoms with van der Waals surface area (Å²) in [5.41, 5.74) is 3.91. The lowest BCUT2D eigenvalue weighted by atomic mass is 10.2. The summed E-state index contributed by atoms with van der Waals surface area (Å²) in [6.45, 7) is 0.485. The van der Waals surface area contributed by atoms with E-state index in [0.29, 0.717) is 30.0 Å². The van der Waals surface area contributed by atoms with Gasteiger partial charge < -0.3 is 25.3 Å². The average molecular weight is 486 g/mol. The van der Waals surface area contributed by atoms with Crippen LogP contribution in [0, 0.1) is 0 Å². The number of rotatable bonds is 8. The van der Waals surface area contributed by atoms with Gasteiger partial charge in [-0.25, -0.2) is 9.78 Å². The van der Waals surface area contributed by atoms with Crippen LogP contribution in [0.4, 0.5) is 21.9 Å². The number of H-pyrrole nitrogens is 1. The highest BCUT2D eigenvalue weighted by atomic mass is 32.1. The highest BCUT2D eigenvalue weighted by Crippen LogP contribution is 2.33.